The number of nitrogens with one attached hydrogen (secondary N) is 1. The number of aryl methyl sites for hydroxylation is 1. The fraction of sp³-hybridized carbons (Fsp3) is 0.115. The van der Waals surface area contributed by atoms with Crippen LogP contribution in [0.5, 0.6) is 11.5 Å². The number of imide groups is 1. The third-order valence-electron chi connectivity index (χ3n) is 5.38. The zero-order valence-corrected chi connectivity index (χ0v) is 20.8. The minimum absolute atomic E-state index is 0.0285. The first-order valence-corrected chi connectivity index (χ1v) is 12.0. The molecule has 0 spiro atoms. The summed E-state index contributed by atoms with van der Waals surface area (Å²) in [4.78, 5) is 48.7. The standard InChI is InChI=1S/C26H18F3N3O6S/c1-15-5-8-18(9-6-15)30-23(33)14-31-24(34)22(39-25(31)35)12-16-3-2-4-19(11-16)38-21-10-7-17(26(27,28)29)13-20(21)32(36)37/h2-13H,14H2,1H3,(H,30,33)/b22-12+. The van der Waals surface area contributed by atoms with Gasteiger partial charge in [0, 0.05) is 11.8 Å². The summed E-state index contributed by atoms with van der Waals surface area (Å²) in [5.74, 6) is -1.61. The van der Waals surface area contributed by atoms with Crippen LogP contribution in [0.2, 0.25) is 0 Å². The SMILES string of the molecule is Cc1ccc(NC(=O)CN2C(=O)S/C(=C/c3cccc(Oc4ccc(C(F)(F)F)cc4[N+](=O)[O-])c3)C2=O)cc1. The molecule has 0 bridgehead atoms. The summed E-state index contributed by atoms with van der Waals surface area (Å²) in [7, 11) is 0. The number of rotatable bonds is 7. The van der Waals surface area contributed by atoms with Crippen molar-refractivity contribution in [2.45, 2.75) is 13.1 Å². The van der Waals surface area contributed by atoms with Crippen LogP contribution in [0.15, 0.2) is 71.6 Å². The van der Waals surface area contributed by atoms with Crippen molar-refractivity contribution in [2.75, 3.05) is 11.9 Å². The second-order valence-electron chi connectivity index (χ2n) is 8.29. The molecule has 9 nitrogen and oxygen atoms in total. The number of ether oxygens (including phenoxy) is 1. The van der Waals surface area contributed by atoms with Crippen molar-refractivity contribution in [3.63, 3.8) is 0 Å². The molecular weight excluding hydrogens is 539 g/mol. The highest BCUT2D eigenvalue weighted by Gasteiger charge is 2.36. The predicted octanol–water partition coefficient (Wildman–Crippen LogP) is 6.39. The molecule has 200 valence electrons. The highest BCUT2D eigenvalue weighted by atomic mass is 32.2. The summed E-state index contributed by atoms with van der Waals surface area (Å²) in [5.41, 5.74) is -0.190. The van der Waals surface area contributed by atoms with Crippen LogP contribution < -0.4 is 10.1 Å². The van der Waals surface area contributed by atoms with Crippen molar-refractivity contribution in [3.8, 4) is 11.5 Å². The van der Waals surface area contributed by atoms with Gasteiger partial charge < -0.3 is 10.1 Å². The van der Waals surface area contributed by atoms with Crippen molar-refractivity contribution in [3.05, 3.63) is 98.4 Å². The Balaban J connectivity index is 1.48. The zero-order chi connectivity index (χ0) is 28.3. The topological polar surface area (TPSA) is 119 Å². The van der Waals surface area contributed by atoms with Crippen molar-refractivity contribution in [2.24, 2.45) is 0 Å². The van der Waals surface area contributed by atoms with Gasteiger partial charge in [0.1, 0.15) is 12.3 Å². The number of benzene rings is 3. The van der Waals surface area contributed by atoms with Crippen LogP contribution >= 0.6 is 11.8 Å². The van der Waals surface area contributed by atoms with E-state index < -0.39 is 51.7 Å². The molecule has 1 heterocycles. The number of carbonyl (C=O) groups excluding carboxylic acids is 3. The van der Waals surface area contributed by atoms with E-state index in [-0.39, 0.29) is 10.7 Å². The van der Waals surface area contributed by atoms with Crippen molar-refractivity contribution in [1.82, 2.24) is 4.90 Å². The monoisotopic (exact) mass is 557 g/mol. The molecular formula is C26H18F3N3O6S. The first kappa shape index (κ1) is 27.4. The number of hydrogen-bond donors (Lipinski definition) is 1. The maximum absolute atomic E-state index is 13.0. The van der Waals surface area contributed by atoms with Gasteiger partial charge in [-0.3, -0.25) is 29.4 Å². The lowest BCUT2D eigenvalue weighted by Crippen LogP contribution is -2.36. The molecule has 1 fully saturated rings. The summed E-state index contributed by atoms with van der Waals surface area (Å²) >= 11 is 0.629. The van der Waals surface area contributed by atoms with Crippen LogP contribution in [0, 0.1) is 17.0 Å². The number of amides is 3. The first-order chi connectivity index (χ1) is 18.4. The maximum Gasteiger partial charge on any atom is 0.416 e. The number of hydrogen-bond acceptors (Lipinski definition) is 7. The third-order valence-corrected chi connectivity index (χ3v) is 6.28. The molecule has 0 unspecified atom stereocenters. The molecule has 1 aliphatic rings. The summed E-state index contributed by atoms with van der Waals surface area (Å²) < 4.78 is 44.3. The average molecular weight is 558 g/mol. The largest absolute Gasteiger partial charge is 0.450 e. The van der Waals surface area contributed by atoms with Crippen LogP contribution in [0.25, 0.3) is 6.08 Å². The molecule has 0 aliphatic carbocycles. The van der Waals surface area contributed by atoms with Crippen LogP contribution in [0.4, 0.5) is 29.3 Å². The van der Waals surface area contributed by atoms with Gasteiger partial charge in [-0.05, 0) is 66.7 Å². The van der Waals surface area contributed by atoms with Gasteiger partial charge in [-0.2, -0.15) is 13.2 Å². The number of nitro groups is 1. The Morgan fingerprint density at radius 1 is 1.10 bits per heavy atom. The van der Waals surface area contributed by atoms with E-state index in [0.717, 1.165) is 16.5 Å². The molecule has 39 heavy (non-hydrogen) atoms. The third kappa shape index (κ3) is 6.62. The molecule has 0 radical (unpaired) electrons. The highest BCUT2D eigenvalue weighted by Crippen LogP contribution is 2.38. The van der Waals surface area contributed by atoms with Gasteiger partial charge in [0.2, 0.25) is 11.7 Å². The lowest BCUT2D eigenvalue weighted by molar-refractivity contribution is -0.385. The normalized spacial score (nSPS) is 14.6. The van der Waals surface area contributed by atoms with E-state index in [4.69, 9.17) is 4.74 Å². The molecule has 0 atom stereocenters. The molecule has 3 aromatic rings. The van der Waals surface area contributed by atoms with Crippen LogP contribution in [-0.4, -0.2) is 33.4 Å². The summed E-state index contributed by atoms with van der Waals surface area (Å²) in [6.45, 7) is 1.40. The van der Waals surface area contributed by atoms with Gasteiger partial charge >= 0.3 is 11.9 Å². The van der Waals surface area contributed by atoms with Gasteiger partial charge in [0.25, 0.3) is 11.1 Å². The fourth-order valence-corrected chi connectivity index (χ4v) is 4.32. The van der Waals surface area contributed by atoms with Gasteiger partial charge in [-0.25, -0.2) is 0 Å². The Labute approximate surface area is 223 Å². The van der Waals surface area contributed by atoms with E-state index in [2.05, 4.69) is 5.32 Å². The van der Waals surface area contributed by atoms with Crippen LogP contribution in [-0.2, 0) is 15.8 Å². The van der Waals surface area contributed by atoms with Crippen molar-refractivity contribution >= 4 is 46.3 Å². The fourth-order valence-electron chi connectivity index (χ4n) is 3.49. The zero-order valence-electron chi connectivity index (χ0n) is 20.0. The molecule has 13 heteroatoms. The lowest BCUT2D eigenvalue weighted by Gasteiger charge is -2.12. The maximum atomic E-state index is 13.0. The summed E-state index contributed by atoms with van der Waals surface area (Å²) in [5, 5.41) is 13.3. The predicted molar refractivity (Wildman–Crippen MR) is 137 cm³/mol. The van der Waals surface area contributed by atoms with Gasteiger partial charge in [-0.15, -0.1) is 0 Å². The molecule has 1 N–H and O–H groups in total. The van der Waals surface area contributed by atoms with Crippen LogP contribution in [0.3, 0.4) is 0 Å². The summed E-state index contributed by atoms with van der Waals surface area (Å²) in [6, 6.07) is 14.7. The van der Waals surface area contributed by atoms with E-state index in [1.165, 1.54) is 24.3 Å². The van der Waals surface area contributed by atoms with E-state index in [9.17, 15) is 37.7 Å². The number of alkyl halides is 3. The lowest BCUT2D eigenvalue weighted by atomic mass is 10.1. The van der Waals surface area contributed by atoms with Crippen LogP contribution in [0.1, 0.15) is 16.7 Å². The number of nitrogens with zero attached hydrogens (tertiary/aromatic N) is 2. The Hall–Kier alpha value is -4.65. The Morgan fingerprint density at radius 3 is 2.49 bits per heavy atom. The van der Waals surface area contributed by atoms with E-state index in [1.807, 2.05) is 6.92 Å². The number of nitro benzene ring substituents is 1. The second kappa shape index (κ2) is 11.0. The number of anilines is 1. The van der Waals surface area contributed by atoms with Gasteiger partial charge in [0.05, 0.1) is 15.4 Å². The molecule has 0 aromatic heterocycles. The smallest absolute Gasteiger partial charge is 0.416 e. The number of carbonyl (C=O) groups is 3. The highest BCUT2D eigenvalue weighted by molar-refractivity contribution is 8.18. The van der Waals surface area contributed by atoms with E-state index in [1.54, 1.807) is 30.3 Å². The molecule has 0 saturated carbocycles. The van der Waals surface area contributed by atoms with Crippen molar-refractivity contribution in [1.29, 1.82) is 0 Å². The van der Waals surface area contributed by atoms with E-state index in [0.29, 0.717) is 35.1 Å². The number of halogens is 3. The second-order valence-corrected chi connectivity index (χ2v) is 9.29. The Kier molecular flexibility index (Phi) is 7.72. The van der Waals surface area contributed by atoms with E-state index >= 15 is 0 Å². The summed E-state index contributed by atoms with van der Waals surface area (Å²) in [6.07, 6.45) is -3.40. The van der Waals surface area contributed by atoms with Gasteiger partial charge in [0.15, 0.2) is 0 Å². The Bertz CT molecular complexity index is 1510. The van der Waals surface area contributed by atoms with Crippen molar-refractivity contribution < 1.29 is 37.2 Å². The number of thioether (sulfide) groups is 1. The molecule has 1 saturated heterocycles. The average Bonchev–Trinajstić information content (AvgIpc) is 3.12. The quantitative estimate of drug-likeness (QED) is 0.203. The molecule has 4 rings (SSSR count). The minimum Gasteiger partial charge on any atom is -0.450 e. The van der Waals surface area contributed by atoms with Gasteiger partial charge in [-0.1, -0.05) is 29.8 Å². The molecule has 3 amide bonds. The molecule has 1 aliphatic heterocycles. The molecule has 3 aromatic carbocycles. The minimum atomic E-state index is -4.77. The first-order valence-electron chi connectivity index (χ1n) is 11.2. The Morgan fingerprint density at radius 2 is 1.82 bits per heavy atom.